The Kier molecular flexibility index (Phi) is 2.19. The van der Waals surface area contributed by atoms with Gasteiger partial charge in [0.25, 0.3) is 0 Å². The van der Waals surface area contributed by atoms with Gasteiger partial charge in [-0.3, -0.25) is 0 Å². The van der Waals surface area contributed by atoms with Gasteiger partial charge >= 0.3 is 0 Å². The van der Waals surface area contributed by atoms with Gasteiger partial charge in [-0.25, -0.2) is 4.39 Å². The second kappa shape index (κ2) is 3.34. The lowest BCUT2D eigenvalue weighted by Crippen LogP contribution is -2.18. The fourth-order valence-corrected chi connectivity index (χ4v) is 1.83. The number of nitrogens with one attached hydrogen (secondary N) is 2. The van der Waals surface area contributed by atoms with Gasteiger partial charge in [-0.2, -0.15) is 0 Å². The molecular formula is C10H13FN2. The van der Waals surface area contributed by atoms with Crippen molar-refractivity contribution < 1.29 is 4.39 Å². The molecule has 13 heavy (non-hydrogen) atoms. The van der Waals surface area contributed by atoms with Gasteiger partial charge in [0, 0.05) is 19.0 Å². The van der Waals surface area contributed by atoms with Gasteiger partial charge in [0.1, 0.15) is 5.82 Å². The number of fused-ring (bicyclic) bond motifs is 1. The van der Waals surface area contributed by atoms with Crippen molar-refractivity contribution in [2.75, 3.05) is 25.5 Å². The molecule has 0 bridgehead atoms. The average molecular weight is 180 g/mol. The molecule has 2 nitrogen and oxygen atoms in total. The van der Waals surface area contributed by atoms with Gasteiger partial charge in [-0.15, -0.1) is 0 Å². The summed E-state index contributed by atoms with van der Waals surface area (Å²) >= 11 is 0. The summed E-state index contributed by atoms with van der Waals surface area (Å²) in [5, 5.41) is 6.20. The molecule has 1 unspecified atom stereocenters. The first kappa shape index (κ1) is 8.51. The zero-order chi connectivity index (χ0) is 9.26. The fraction of sp³-hybridized carbons (Fsp3) is 0.400. The smallest absolute Gasteiger partial charge is 0.146 e. The SMILES string of the molecule is CNCC1CNc2c(F)cccc21. The number of hydrogen-bond acceptors (Lipinski definition) is 2. The van der Waals surface area contributed by atoms with E-state index in [1.807, 2.05) is 13.1 Å². The van der Waals surface area contributed by atoms with Crippen molar-refractivity contribution in [3.63, 3.8) is 0 Å². The number of hydrogen-bond donors (Lipinski definition) is 2. The fourth-order valence-electron chi connectivity index (χ4n) is 1.83. The zero-order valence-electron chi connectivity index (χ0n) is 7.60. The highest BCUT2D eigenvalue weighted by Gasteiger charge is 2.23. The third kappa shape index (κ3) is 1.40. The zero-order valence-corrected chi connectivity index (χ0v) is 7.60. The number of halogens is 1. The summed E-state index contributed by atoms with van der Waals surface area (Å²) in [4.78, 5) is 0. The predicted molar refractivity (Wildman–Crippen MR) is 51.6 cm³/mol. The van der Waals surface area contributed by atoms with E-state index in [9.17, 15) is 4.39 Å². The summed E-state index contributed by atoms with van der Waals surface area (Å²) < 4.78 is 13.2. The highest BCUT2D eigenvalue weighted by atomic mass is 19.1. The monoisotopic (exact) mass is 180 g/mol. The minimum absolute atomic E-state index is 0.142. The van der Waals surface area contributed by atoms with Crippen LogP contribution < -0.4 is 10.6 Å². The van der Waals surface area contributed by atoms with Crippen molar-refractivity contribution >= 4 is 5.69 Å². The molecule has 0 fully saturated rings. The van der Waals surface area contributed by atoms with E-state index in [-0.39, 0.29) is 5.82 Å². The molecular weight excluding hydrogens is 167 g/mol. The first-order valence-corrected chi connectivity index (χ1v) is 4.50. The Balaban J connectivity index is 2.32. The van der Waals surface area contributed by atoms with Crippen molar-refractivity contribution in [1.29, 1.82) is 0 Å². The summed E-state index contributed by atoms with van der Waals surface area (Å²) in [5.41, 5.74) is 1.78. The maximum atomic E-state index is 13.2. The van der Waals surface area contributed by atoms with E-state index >= 15 is 0 Å². The molecule has 0 aromatic heterocycles. The maximum Gasteiger partial charge on any atom is 0.146 e. The van der Waals surface area contributed by atoms with E-state index in [4.69, 9.17) is 0 Å². The third-order valence-electron chi connectivity index (χ3n) is 2.46. The molecule has 1 aromatic rings. The topological polar surface area (TPSA) is 24.1 Å². The van der Waals surface area contributed by atoms with Crippen LogP contribution in [-0.4, -0.2) is 20.1 Å². The van der Waals surface area contributed by atoms with Crippen LogP contribution in [-0.2, 0) is 0 Å². The van der Waals surface area contributed by atoms with Crippen molar-refractivity contribution in [1.82, 2.24) is 5.32 Å². The Hall–Kier alpha value is -1.09. The maximum absolute atomic E-state index is 13.2. The van der Waals surface area contributed by atoms with E-state index in [1.54, 1.807) is 6.07 Å². The number of benzene rings is 1. The lowest BCUT2D eigenvalue weighted by atomic mass is 10.0. The number of anilines is 1. The molecule has 1 aliphatic heterocycles. The van der Waals surface area contributed by atoms with Crippen LogP contribution in [0.1, 0.15) is 11.5 Å². The van der Waals surface area contributed by atoms with Crippen LogP contribution in [0, 0.1) is 5.82 Å². The quantitative estimate of drug-likeness (QED) is 0.721. The Morgan fingerprint density at radius 3 is 3.23 bits per heavy atom. The molecule has 0 spiro atoms. The number of likely N-dealkylation sites (N-methyl/N-ethyl adjacent to an activating group) is 1. The molecule has 0 radical (unpaired) electrons. The first-order chi connectivity index (χ1) is 6.33. The lowest BCUT2D eigenvalue weighted by molar-refractivity contribution is 0.630. The largest absolute Gasteiger partial charge is 0.382 e. The van der Waals surface area contributed by atoms with Crippen LogP contribution in [0.2, 0.25) is 0 Å². The highest BCUT2D eigenvalue weighted by molar-refractivity contribution is 5.58. The molecule has 1 heterocycles. The highest BCUT2D eigenvalue weighted by Crippen LogP contribution is 2.32. The molecule has 0 saturated carbocycles. The van der Waals surface area contributed by atoms with Crippen LogP contribution in [0.25, 0.3) is 0 Å². The van der Waals surface area contributed by atoms with E-state index < -0.39 is 0 Å². The summed E-state index contributed by atoms with van der Waals surface area (Å²) in [5.74, 6) is 0.256. The van der Waals surface area contributed by atoms with E-state index in [1.165, 1.54) is 6.07 Å². The Morgan fingerprint density at radius 2 is 2.46 bits per heavy atom. The normalized spacial score (nSPS) is 19.7. The van der Waals surface area contributed by atoms with Crippen molar-refractivity contribution in [2.24, 2.45) is 0 Å². The molecule has 0 amide bonds. The molecule has 0 saturated heterocycles. The molecule has 1 aliphatic rings. The van der Waals surface area contributed by atoms with E-state index in [2.05, 4.69) is 10.6 Å². The molecule has 70 valence electrons. The molecule has 2 rings (SSSR count). The standard InChI is InChI=1S/C10H13FN2/c1-12-5-7-6-13-10-8(7)3-2-4-9(10)11/h2-4,7,12-13H,5-6H2,1H3. The number of rotatable bonds is 2. The van der Waals surface area contributed by atoms with E-state index in [0.29, 0.717) is 11.6 Å². The minimum Gasteiger partial charge on any atom is -0.382 e. The minimum atomic E-state index is -0.142. The summed E-state index contributed by atoms with van der Waals surface area (Å²) in [7, 11) is 1.91. The first-order valence-electron chi connectivity index (χ1n) is 4.50. The molecule has 3 heteroatoms. The average Bonchev–Trinajstić information content (AvgIpc) is 2.51. The van der Waals surface area contributed by atoms with Crippen molar-refractivity contribution in [3.05, 3.63) is 29.6 Å². The molecule has 0 aliphatic carbocycles. The van der Waals surface area contributed by atoms with Gasteiger partial charge in [-0.1, -0.05) is 12.1 Å². The van der Waals surface area contributed by atoms with Crippen LogP contribution in [0.3, 0.4) is 0 Å². The summed E-state index contributed by atoms with van der Waals surface area (Å²) in [6.45, 7) is 1.72. The lowest BCUT2D eigenvalue weighted by Gasteiger charge is -2.08. The second-order valence-corrected chi connectivity index (χ2v) is 3.34. The van der Waals surface area contributed by atoms with Crippen molar-refractivity contribution in [2.45, 2.75) is 5.92 Å². The van der Waals surface area contributed by atoms with Gasteiger partial charge in [0.15, 0.2) is 0 Å². The van der Waals surface area contributed by atoms with Crippen LogP contribution >= 0.6 is 0 Å². The predicted octanol–water partition coefficient (Wildman–Crippen LogP) is 1.55. The Morgan fingerprint density at radius 1 is 1.62 bits per heavy atom. The summed E-state index contributed by atoms with van der Waals surface area (Å²) in [6, 6.07) is 5.25. The third-order valence-corrected chi connectivity index (χ3v) is 2.46. The van der Waals surface area contributed by atoms with Crippen molar-refractivity contribution in [3.8, 4) is 0 Å². The summed E-state index contributed by atoms with van der Waals surface area (Å²) in [6.07, 6.45) is 0. The van der Waals surface area contributed by atoms with Gasteiger partial charge in [0.05, 0.1) is 5.69 Å². The molecule has 2 N–H and O–H groups in total. The second-order valence-electron chi connectivity index (χ2n) is 3.34. The molecule has 1 atom stereocenters. The van der Waals surface area contributed by atoms with Crippen LogP contribution in [0.15, 0.2) is 18.2 Å². The number of para-hydroxylation sites is 1. The van der Waals surface area contributed by atoms with Gasteiger partial charge < -0.3 is 10.6 Å². The van der Waals surface area contributed by atoms with E-state index in [0.717, 1.165) is 18.7 Å². The van der Waals surface area contributed by atoms with Gasteiger partial charge in [-0.05, 0) is 18.7 Å². The van der Waals surface area contributed by atoms with Gasteiger partial charge in [0.2, 0.25) is 0 Å². The molecule has 1 aromatic carbocycles. The van der Waals surface area contributed by atoms with Crippen LogP contribution in [0.5, 0.6) is 0 Å². The Bertz CT molecular complexity index is 312. The Labute approximate surface area is 77.2 Å². The van der Waals surface area contributed by atoms with Crippen LogP contribution in [0.4, 0.5) is 10.1 Å².